The third-order valence-corrected chi connectivity index (χ3v) is 6.59. The number of hydrogen-bond donors (Lipinski definition) is 0. The van der Waals surface area contributed by atoms with E-state index in [-0.39, 0.29) is 5.82 Å². The lowest BCUT2D eigenvalue weighted by Crippen LogP contribution is -2.46. The molecule has 0 N–H and O–H groups in total. The van der Waals surface area contributed by atoms with Crippen molar-refractivity contribution in [1.29, 1.82) is 0 Å². The van der Waals surface area contributed by atoms with Crippen LogP contribution in [0.5, 0.6) is 0 Å². The number of rotatable bonds is 5. The topological polar surface area (TPSA) is 9.72 Å². The molecular weight excluding hydrogens is 373 g/mol. The van der Waals surface area contributed by atoms with Crippen molar-refractivity contribution in [2.45, 2.75) is 58.8 Å². The molecule has 2 aliphatic heterocycles. The van der Waals surface area contributed by atoms with Crippen molar-refractivity contribution in [2.75, 3.05) is 26.8 Å². The van der Waals surface area contributed by atoms with E-state index in [4.69, 9.17) is 0 Å². The van der Waals surface area contributed by atoms with Gasteiger partial charge >= 0.3 is 0 Å². The third kappa shape index (κ3) is 5.48. The SMILES string of the molecule is CC(C)Cc1ccc(CN2Cc3ccc(F)cc3CN(C3CCN(C)CC3)C2)cc1. The summed E-state index contributed by atoms with van der Waals surface area (Å²) in [6.07, 6.45) is 3.52. The molecule has 1 fully saturated rings. The Labute approximate surface area is 181 Å². The fourth-order valence-corrected chi connectivity index (χ4v) is 4.93. The van der Waals surface area contributed by atoms with Crippen molar-refractivity contribution < 1.29 is 4.39 Å². The van der Waals surface area contributed by atoms with Gasteiger partial charge in [-0.1, -0.05) is 44.2 Å². The predicted molar refractivity (Wildman–Crippen MR) is 122 cm³/mol. The summed E-state index contributed by atoms with van der Waals surface area (Å²) in [7, 11) is 2.21. The number of halogens is 1. The van der Waals surface area contributed by atoms with Crippen molar-refractivity contribution in [3.8, 4) is 0 Å². The van der Waals surface area contributed by atoms with E-state index in [2.05, 4.69) is 59.9 Å². The Hall–Kier alpha value is -1.75. The first-order valence-corrected chi connectivity index (χ1v) is 11.5. The summed E-state index contributed by atoms with van der Waals surface area (Å²) in [6, 6.07) is 15.1. The fraction of sp³-hybridized carbons (Fsp3) is 0.538. The summed E-state index contributed by atoms with van der Waals surface area (Å²) < 4.78 is 14.0. The van der Waals surface area contributed by atoms with Crippen molar-refractivity contribution in [2.24, 2.45) is 5.92 Å². The molecule has 2 aliphatic rings. The number of likely N-dealkylation sites (tertiary alicyclic amines) is 1. The van der Waals surface area contributed by atoms with Crippen LogP contribution in [0.4, 0.5) is 4.39 Å². The van der Waals surface area contributed by atoms with Gasteiger partial charge in [-0.15, -0.1) is 0 Å². The van der Waals surface area contributed by atoms with Crippen molar-refractivity contribution in [3.05, 3.63) is 70.5 Å². The molecule has 0 spiro atoms. The summed E-state index contributed by atoms with van der Waals surface area (Å²) in [6.45, 7) is 10.4. The molecule has 0 bridgehead atoms. The first-order valence-electron chi connectivity index (χ1n) is 11.5. The molecule has 2 heterocycles. The average molecular weight is 410 g/mol. The van der Waals surface area contributed by atoms with Crippen molar-refractivity contribution in [1.82, 2.24) is 14.7 Å². The molecule has 0 unspecified atom stereocenters. The maximum Gasteiger partial charge on any atom is 0.123 e. The van der Waals surface area contributed by atoms with E-state index < -0.39 is 0 Å². The second kappa shape index (κ2) is 9.59. The number of nitrogens with zero attached hydrogens (tertiary/aromatic N) is 3. The second-order valence-electron chi connectivity index (χ2n) is 9.74. The van der Waals surface area contributed by atoms with Crippen molar-refractivity contribution in [3.63, 3.8) is 0 Å². The zero-order chi connectivity index (χ0) is 21.1. The molecule has 2 aromatic rings. The summed E-state index contributed by atoms with van der Waals surface area (Å²) in [4.78, 5) is 7.53. The molecular formula is C26H36FN3. The Bertz CT molecular complexity index is 825. The van der Waals surface area contributed by atoms with Gasteiger partial charge in [0.25, 0.3) is 0 Å². The molecule has 1 saturated heterocycles. The highest BCUT2D eigenvalue weighted by atomic mass is 19.1. The largest absolute Gasteiger partial charge is 0.306 e. The van der Waals surface area contributed by atoms with Gasteiger partial charge in [-0.05, 0) is 79.7 Å². The quantitative estimate of drug-likeness (QED) is 0.696. The molecule has 162 valence electrons. The summed E-state index contributed by atoms with van der Waals surface area (Å²) >= 11 is 0. The predicted octanol–water partition coefficient (Wildman–Crippen LogP) is 4.89. The van der Waals surface area contributed by atoms with Gasteiger partial charge in [-0.25, -0.2) is 4.39 Å². The van der Waals surface area contributed by atoms with E-state index >= 15 is 0 Å². The molecule has 0 saturated carbocycles. The van der Waals surface area contributed by atoms with E-state index in [0.717, 1.165) is 51.4 Å². The van der Waals surface area contributed by atoms with Crippen LogP contribution in [0.2, 0.25) is 0 Å². The average Bonchev–Trinajstić information content (AvgIpc) is 2.88. The number of piperidine rings is 1. The Kier molecular flexibility index (Phi) is 6.87. The molecule has 4 rings (SSSR count). The number of benzene rings is 2. The molecule has 3 nitrogen and oxygen atoms in total. The highest BCUT2D eigenvalue weighted by Gasteiger charge is 2.28. The van der Waals surface area contributed by atoms with Gasteiger partial charge in [0.15, 0.2) is 0 Å². The van der Waals surface area contributed by atoms with Crippen LogP contribution >= 0.6 is 0 Å². The molecule has 4 heteroatoms. The van der Waals surface area contributed by atoms with E-state index in [9.17, 15) is 4.39 Å². The highest BCUT2D eigenvalue weighted by Crippen LogP contribution is 2.26. The number of hydrogen-bond acceptors (Lipinski definition) is 3. The highest BCUT2D eigenvalue weighted by molar-refractivity contribution is 5.29. The van der Waals surface area contributed by atoms with Gasteiger partial charge in [0, 0.05) is 25.7 Å². The van der Waals surface area contributed by atoms with E-state index in [1.54, 1.807) is 12.1 Å². The minimum Gasteiger partial charge on any atom is -0.306 e. The van der Waals surface area contributed by atoms with Crippen LogP contribution in [-0.2, 0) is 26.1 Å². The Morgan fingerprint density at radius 3 is 2.33 bits per heavy atom. The molecule has 2 aromatic carbocycles. The lowest BCUT2D eigenvalue weighted by molar-refractivity contribution is 0.0540. The zero-order valence-corrected chi connectivity index (χ0v) is 18.8. The summed E-state index contributed by atoms with van der Waals surface area (Å²) in [5.41, 5.74) is 5.20. The molecule has 0 amide bonds. The molecule has 30 heavy (non-hydrogen) atoms. The molecule has 0 radical (unpaired) electrons. The molecule has 0 aromatic heterocycles. The zero-order valence-electron chi connectivity index (χ0n) is 18.8. The van der Waals surface area contributed by atoms with Gasteiger partial charge < -0.3 is 4.90 Å². The first kappa shape index (κ1) is 21.5. The normalized spacial score (nSPS) is 19.8. The lowest BCUT2D eigenvalue weighted by atomic mass is 10.0. The van der Waals surface area contributed by atoms with Gasteiger partial charge in [0.05, 0.1) is 6.67 Å². The second-order valence-corrected chi connectivity index (χ2v) is 9.74. The van der Waals surface area contributed by atoms with Crippen LogP contribution in [0.15, 0.2) is 42.5 Å². The van der Waals surface area contributed by atoms with Gasteiger partial charge in [-0.3, -0.25) is 9.80 Å². The Morgan fingerprint density at radius 2 is 1.63 bits per heavy atom. The van der Waals surface area contributed by atoms with Crippen LogP contribution in [0.3, 0.4) is 0 Å². The minimum atomic E-state index is -0.119. The summed E-state index contributed by atoms with van der Waals surface area (Å²) in [5, 5.41) is 0. The van der Waals surface area contributed by atoms with Crippen LogP contribution < -0.4 is 0 Å². The smallest absolute Gasteiger partial charge is 0.123 e. The van der Waals surface area contributed by atoms with Crippen LogP contribution in [0, 0.1) is 11.7 Å². The van der Waals surface area contributed by atoms with E-state index in [0.29, 0.717) is 12.0 Å². The minimum absolute atomic E-state index is 0.119. The Morgan fingerprint density at radius 1 is 0.933 bits per heavy atom. The van der Waals surface area contributed by atoms with Gasteiger partial charge in [0.2, 0.25) is 0 Å². The molecule has 0 atom stereocenters. The fourth-order valence-electron chi connectivity index (χ4n) is 4.93. The van der Waals surface area contributed by atoms with Gasteiger partial charge in [0.1, 0.15) is 5.82 Å². The number of fused-ring (bicyclic) bond motifs is 1. The monoisotopic (exact) mass is 409 g/mol. The molecule has 0 aliphatic carbocycles. The van der Waals surface area contributed by atoms with Crippen LogP contribution in [-0.4, -0.2) is 47.5 Å². The summed E-state index contributed by atoms with van der Waals surface area (Å²) in [5.74, 6) is 0.563. The standard InChI is InChI=1S/C26H36FN3/c1-20(2)14-21-4-6-22(7-5-21)16-29-17-23-8-9-25(27)15-24(23)18-30(19-29)26-10-12-28(3)13-11-26/h4-9,15,20,26H,10-14,16-19H2,1-3H3. The third-order valence-electron chi connectivity index (χ3n) is 6.59. The Balaban J connectivity index is 1.52. The van der Waals surface area contributed by atoms with Crippen molar-refractivity contribution >= 4 is 0 Å². The van der Waals surface area contributed by atoms with Crippen LogP contribution in [0.25, 0.3) is 0 Å². The van der Waals surface area contributed by atoms with Crippen LogP contribution in [0.1, 0.15) is 48.9 Å². The maximum absolute atomic E-state index is 14.0. The van der Waals surface area contributed by atoms with E-state index in [1.165, 1.54) is 29.5 Å². The first-order chi connectivity index (χ1) is 14.5. The lowest BCUT2D eigenvalue weighted by Gasteiger charge is -2.38. The van der Waals surface area contributed by atoms with E-state index in [1.807, 2.05) is 6.07 Å². The van der Waals surface area contributed by atoms with Gasteiger partial charge in [-0.2, -0.15) is 0 Å². The maximum atomic E-state index is 14.0.